The minimum atomic E-state index is -0.852. The number of carboxylic acid groups (broad SMARTS) is 1. The lowest BCUT2D eigenvalue weighted by Crippen LogP contribution is -2.37. The Morgan fingerprint density at radius 2 is 1.90 bits per heavy atom. The van der Waals surface area contributed by atoms with Crippen molar-refractivity contribution in [1.82, 2.24) is 9.80 Å². The molecule has 1 heterocycles. The van der Waals surface area contributed by atoms with Gasteiger partial charge >= 0.3 is 5.97 Å². The highest BCUT2D eigenvalue weighted by atomic mass is 16.5. The summed E-state index contributed by atoms with van der Waals surface area (Å²) in [5.74, 6) is -1.73. The van der Waals surface area contributed by atoms with Crippen molar-refractivity contribution in [1.29, 1.82) is 0 Å². The van der Waals surface area contributed by atoms with E-state index < -0.39 is 17.3 Å². The minimum Gasteiger partial charge on any atom is -0.481 e. The van der Waals surface area contributed by atoms with Crippen LogP contribution in [0.2, 0.25) is 0 Å². The zero-order valence-electron chi connectivity index (χ0n) is 13.2. The molecule has 1 saturated heterocycles. The third-order valence-electron chi connectivity index (χ3n) is 4.87. The predicted molar refractivity (Wildman–Crippen MR) is 77.9 cm³/mol. The first-order valence-electron chi connectivity index (χ1n) is 7.62. The monoisotopic (exact) mass is 298 g/mol. The van der Waals surface area contributed by atoms with Crippen LogP contribution in [-0.4, -0.2) is 73.2 Å². The number of hydrogen-bond donors (Lipinski definition) is 1. The number of aliphatic carboxylic acids is 1. The number of amides is 1. The van der Waals surface area contributed by atoms with Crippen LogP contribution in [0.1, 0.15) is 20.3 Å². The molecule has 21 heavy (non-hydrogen) atoms. The molecule has 1 saturated carbocycles. The Morgan fingerprint density at radius 1 is 1.19 bits per heavy atom. The fourth-order valence-electron chi connectivity index (χ4n) is 3.39. The lowest BCUT2D eigenvalue weighted by atomic mass is 10.1. The summed E-state index contributed by atoms with van der Waals surface area (Å²) >= 11 is 0. The van der Waals surface area contributed by atoms with Crippen LogP contribution in [-0.2, 0) is 14.3 Å². The molecule has 0 aromatic carbocycles. The van der Waals surface area contributed by atoms with E-state index in [-0.39, 0.29) is 11.8 Å². The molecule has 1 N–H and O–H groups in total. The Morgan fingerprint density at radius 3 is 2.48 bits per heavy atom. The first kappa shape index (κ1) is 16.2. The zero-order valence-corrected chi connectivity index (χ0v) is 13.2. The van der Waals surface area contributed by atoms with E-state index in [9.17, 15) is 14.7 Å². The van der Waals surface area contributed by atoms with Gasteiger partial charge in [-0.05, 0) is 18.4 Å². The SMILES string of the molecule is COCCN1CCCN(C(=O)[C@H]2[C@@H](C(=O)O)C2(C)C)CC1. The van der Waals surface area contributed by atoms with Crippen molar-refractivity contribution in [3.8, 4) is 0 Å². The van der Waals surface area contributed by atoms with Gasteiger partial charge in [0.2, 0.25) is 5.91 Å². The molecule has 2 fully saturated rings. The van der Waals surface area contributed by atoms with E-state index in [0.29, 0.717) is 13.2 Å². The molecule has 0 bridgehead atoms. The molecule has 2 atom stereocenters. The second-order valence-electron chi connectivity index (χ2n) is 6.63. The number of carbonyl (C=O) groups is 2. The number of hydrogen-bond acceptors (Lipinski definition) is 4. The number of carbonyl (C=O) groups excluding carboxylic acids is 1. The molecule has 6 heteroatoms. The molecule has 0 aromatic heterocycles. The third kappa shape index (κ3) is 3.37. The smallest absolute Gasteiger partial charge is 0.307 e. The van der Waals surface area contributed by atoms with Crippen LogP contribution in [0.5, 0.6) is 0 Å². The average Bonchev–Trinajstić information content (AvgIpc) is 3.07. The van der Waals surface area contributed by atoms with Gasteiger partial charge in [-0.3, -0.25) is 14.5 Å². The molecular weight excluding hydrogens is 272 g/mol. The molecular formula is C15H26N2O4. The van der Waals surface area contributed by atoms with Crippen molar-refractivity contribution in [3.05, 3.63) is 0 Å². The van der Waals surface area contributed by atoms with Gasteiger partial charge in [-0.2, -0.15) is 0 Å². The van der Waals surface area contributed by atoms with Crippen molar-refractivity contribution in [2.75, 3.05) is 46.4 Å². The van der Waals surface area contributed by atoms with Gasteiger partial charge in [-0.1, -0.05) is 13.8 Å². The van der Waals surface area contributed by atoms with Crippen LogP contribution >= 0.6 is 0 Å². The molecule has 0 radical (unpaired) electrons. The van der Waals surface area contributed by atoms with Gasteiger partial charge in [0, 0.05) is 33.3 Å². The Balaban J connectivity index is 1.91. The van der Waals surface area contributed by atoms with E-state index in [0.717, 1.165) is 32.6 Å². The van der Waals surface area contributed by atoms with Crippen LogP contribution in [0, 0.1) is 17.3 Å². The molecule has 0 aromatic rings. The summed E-state index contributed by atoms with van der Waals surface area (Å²) in [4.78, 5) is 27.9. The van der Waals surface area contributed by atoms with Gasteiger partial charge in [-0.25, -0.2) is 0 Å². The average molecular weight is 298 g/mol. The van der Waals surface area contributed by atoms with Crippen molar-refractivity contribution < 1.29 is 19.4 Å². The van der Waals surface area contributed by atoms with Crippen molar-refractivity contribution >= 4 is 11.9 Å². The highest BCUT2D eigenvalue weighted by molar-refractivity contribution is 5.91. The minimum absolute atomic E-state index is 0.0148. The van der Waals surface area contributed by atoms with Crippen LogP contribution in [0.4, 0.5) is 0 Å². The Kier molecular flexibility index (Phi) is 4.88. The lowest BCUT2D eigenvalue weighted by Gasteiger charge is -2.22. The number of ether oxygens (including phenoxy) is 1. The van der Waals surface area contributed by atoms with E-state index in [4.69, 9.17) is 4.74 Å². The van der Waals surface area contributed by atoms with E-state index in [2.05, 4.69) is 4.90 Å². The molecule has 2 rings (SSSR count). The summed E-state index contributed by atoms with van der Waals surface area (Å²) < 4.78 is 5.09. The molecule has 120 valence electrons. The summed E-state index contributed by atoms with van der Waals surface area (Å²) in [5, 5.41) is 9.21. The van der Waals surface area contributed by atoms with E-state index in [1.54, 1.807) is 7.11 Å². The third-order valence-corrected chi connectivity index (χ3v) is 4.87. The topological polar surface area (TPSA) is 70.1 Å². The second-order valence-corrected chi connectivity index (χ2v) is 6.63. The maximum absolute atomic E-state index is 12.6. The number of methoxy groups -OCH3 is 1. The molecule has 1 aliphatic heterocycles. The standard InChI is InChI=1S/C15H26N2O4/c1-15(2)11(12(15)14(19)20)13(18)17-6-4-5-16(7-8-17)9-10-21-3/h11-12H,4-10H2,1-3H3,(H,19,20)/t11-,12+/m1/s1. The lowest BCUT2D eigenvalue weighted by molar-refractivity contribution is -0.142. The van der Waals surface area contributed by atoms with Crippen molar-refractivity contribution in [3.63, 3.8) is 0 Å². The largest absolute Gasteiger partial charge is 0.481 e. The van der Waals surface area contributed by atoms with E-state index >= 15 is 0 Å². The Labute approximate surface area is 126 Å². The summed E-state index contributed by atoms with van der Waals surface area (Å²) in [7, 11) is 1.69. The van der Waals surface area contributed by atoms with E-state index in [1.807, 2.05) is 18.7 Å². The zero-order chi connectivity index (χ0) is 15.6. The second kappa shape index (κ2) is 6.32. The Hall–Kier alpha value is -1.14. The summed E-state index contributed by atoms with van der Waals surface area (Å²) in [6, 6.07) is 0. The first-order chi connectivity index (χ1) is 9.89. The van der Waals surface area contributed by atoms with Crippen LogP contribution in [0.3, 0.4) is 0 Å². The Bertz CT molecular complexity index is 410. The normalized spacial score (nSPS) is 29.0. The molecule has 1 aliphatic carbocycles. The highest BCUT2D eigenvalue weighted by Gasteiger charge is 2.66. The van der Waals surface area contributed by atoms with Gasteiger partial charge in [0.15, 0.2) is 0 Å². The van der Waals surface area contributed by atoms with Crippen LogP contribution in [0.15, 0.2) is 0 Å². The molecule has 2 aliphatic rings. The maximum Gasteiger partial charge on any atom is 0.307 e. The molecule has 1 amide bonds. The number of nitrogens with zero attached hydrogens (tertiary/aromatic N) is 2. The molecule has 0 unspecified atom stereocenters. The van der Waals surface area contributed by atoms with Gasteiger partial charge in [0.25, 0.3) is 0 Å². The van der Waals surface area contributed by atoms with Gasteiger partial charge < -0.3 is 14.7 Å². The summed E-state index contributed by atoms with van der Waals surface area (Å²) in [6.45, 7) is 8.52. The quantitative estimate of drug-likeness (QED) is 0.801. The van der Waals surface area contributed by atoms with Gasteiger partial charge in [-0.15, -0.1) is 0 Å². The van der Waals surface area contributed by atoms with Crippen LogP contribution < -0.4 is 0 Å². The van der Waals surface area contributed by atoms with Gasteiger partial charge in [0.05, 0.1) is 18.4 Å². The summed E-state index contributed by atoms with van der Waals surface area (Å²) in [6.07, 6.45) is 0.931. The number of rotatable bonds is 5. The van der Waals surface area contributed by atoms with Crippen LogP contribution in [0.25, 0.3) is 0 Å². The fourth-order valence-corrected chi connectivity index (χ4v) is 3.39. The highest BCUT2D eigenvalue weighted by Crippen LogP contribution is 2.59. The predicted octanol–water partition coefficient (Wildman–Crippen LogP) is 0.524. The van der Waals surface area contributed by atoms with Gasteiger partial charge in [0.1, 0.15) is 0 Å². The summed E-state index contributed by atoms with van der Waals surface area (Å²) in [5.41, 5.74) is -0.412. The maximum atomic E-state index is 12.6. The van der Waals surface area contributed by atoms with Crippen molar-refractivity contribution in [2.45, 2.75) is 20.3 Å². The molecule has 0 spiro atoms. The number of carboxylic acids is 1. The molecule has 6 nitrogen and oxygen atoms in total. The van der Waals surface area contributed by atoms with E-state index in [1.165, 1.54) is 0 Å². The van der Waals surface area contributed by atoms with Crippen molar-refractivity contribution in [2.24, 2.45) is 17.3 Å². The fraction of sp³-hybridized carbons (Fsp3) is 0.867. The first-order valence-corrected chi connectivity index (χ1v) is 7.62.